The zero-order valence-corrected chi connectivity index (χ0v) is 12.2. The Hall–Kier alpha value is -2.69. The third-order valence-corrected chi connectivity index (χ3v) is 3.24. The van der Waals surface area contributed by atoms with E-state index in [1.165, 1.54) is 6.07 Å². The zero-order chi connectivity index (χ0) is 15.4. The van der Waals surface area contributed by atoms with Crippen LogP contribution in [-0.2, 0) is 0 Å². The molecule has 2 aromatic carbocycles. The fourth-order valence-electron chi connectivity index (χ4n) is 2.13. The molecule has 0 heterocycles. The second-order valence-electron chi connectivity index (χ2n) is 4.42. The van der Waals surface area contributed by atoms with Crippen LogP contribution in [0.3, 0.4) is 0 Å². The van der Waals surface area contributed by atoms with Crippen molar-refractivity contribution in [3.05, 3.63) is 48.0 Å². The molecular weight excluding hydrogens is 270 g/mol. The number of anilines is 2. The third-order valence-electron chi connectivity index (χ3n) is 3.24. The van der Waals surface area contributed by atoms with Crippen LogP contribution in [0, 0.1) is 0 Å². The molecule has 0 aliphatic rings. The van der Waals surface area contributed by atoms with E-state index in [2.05, 4.69) is 0 Å². The number of carboxylic acids is 1. The second-order valence-corrected chi connectivity index (χ2v) is 4.42. The van der Waals surface area contributed by atoms with Crippen LogP contribution in [0.2, 0.25) is 0 Å². The van der Waals surface area contributed by atoms with Crippen molar-refractivity contribution in [2.45, 2.75) is 0 Å². The van der Waals surface area contributed by atoms with Gasteiger partial charge in [0, 0.05) is 13.1 Å². The molecule has 0 saturated carbocycles. The number of rotatable bonds is 5. The minimum atomic E-state index is -0.991. The molecule has 0 saturated heterocycles. The van der Waals surface area contributed by atoms with Gasteiger partial charge in [0.25, 0.3) is 0 Å². The molecule has 0 fully saturated rings. The molecule has 0 bridgehead atoms. The van der Waals surface area contributed by atoms with Crippen molar-refractivity contribution < 1.29 is 19.4 Å². The zero-order valence-electron chi connectivity index (χ0n) is 12.2. The molecule has 2 aromatic rings. The smallest absolute Gasteiger partial charge is 0.337 e. The van der Waals surface area contributed by atoms with Crippen molar-refractivity contribution in [3.8, 4) is 11.5 Å². The number of carboxylic acid groups (broad SMARTS) is 1. The summed E-state index contributed by atoms with van der Waals surface area (Å²) in [5.74, 6) is 0.269. The van der Waals surface area contributed by atoms with Crippen molar-refractivity contribution >= 4 is 17.3 Å². The summed E-state index contributed by atoms with van der Waals surface area (Å²) < 4.78 is 10.5. The van der Waals surface area contributed by atoms with Crippen LogP contribution in [0.25, 0.3) is 0 Å². The summed E-state index contributed by atoms with van der Waals surface area (Å²) in [6.45, 7) is 0. The fraction of sp³-hybridized carbons (Fsp3) is 0.188. The van der Waals surface area contributed by atoms with E-state index in [0.29, 0.717) is 17.2 Å². The number of hydrogen-bond acceptors (Lipinski definition) is 4. The maximum Gasteiger partial charge on any atom is 0.337 e. The van der Waals surface area contributed by atoms with Crippen molar-refractivity contribution in [1.82, 2.24) is 0 Å². The molecule has 0 amide bonds. The lowest BCUT2D eigenvalue weighted by molar-refractivity contribution is 0.0697. The second kappa shape index (κ2) is 6.17. The summed E-state index contributed by atoms with van der Waals surface area (Å²) in [6.07, 6.45) is 0. The van der Waals surface area contributed by atoms with Crippen molar-refractivity contribution in [1.29, 1.82) is 0 Å². The molecule has 0 spiro atoms. The Labute approximate surface area is 123 Å². The molecule has 0 radical (unpaired) electrons. The molecular formula is C16H17NO4. The van der Waals surface area contributed by atoms with E-state index in [4.69, 9.17) is 9.47 Å². The van der Waals surface area contributed by atoms with E-state index in [9.17, 15) is 9.90 Å². The largest absolute Gasteiger partial charge is 0.497 e. The van der Waals surface area contributed by atoms with Gasteiger partial charge < -0.3 is 19.5 Å². The van der Waals surface area contributed by atoms with E-state index in [0.717, 1.165) is 5.69 Å². The summed E-state index contributed by atoms with van der Waals surface area (Å²) in [6, 6.07) is 12.3. The van der Waals surface area contributed by atoms with Crippen LogP contribution in [0.4, 0.5) is 11.4 Å². The highest BCUT2D eigenvalue weighted by Gasteiger charge is 2.17. The lowest BCUT2D eigenvalue weighted by atomic mass is 10.1. The van der Waals surface area contributed by atoms with Crippen LogP contribution >= 0.6 is 0 Å². The van der Waals surface area contributed by atoms with E-state index in [-0.39, 0.29) is 5.56 Å². The number of nitrogens with zero attached hydrogens (tertiary/aromatic N) is 1. The molecule has 1 N–H and O–H groups in total. The van der Waals surface area contributed by atoms with Crippen molar-refractivity contribution in [2.75, 3.05) is 26.2 Å². The van der Waals surface area contributed by atoms with Crippen molar-refractivity contribution in [3.63, 3.8) is 0 Å². The van der Waals surface area contributed by atoms with Crippen LogP contribution in [0.1, 0.15) is 10.4 Å². The Bertz CT molecular complexity index is 654. The van der Waals surface area contributed by atoms with Gasteiger partial charge in [0.05, 0.1) is 31.2 Å². The van der Waals surface area contributed by atoms with Crippen LogP contribution in [0.15, 0.2) is 42.5 Å². The molecule has 110 valence electrons. The molecule has 2 rings (SSSR count). The average Bonchev–Trinajstić information content (AvgIpc) is 2.53. The van der Waals surface area contributed by atoms with Gasteiger partial charge in [-0.05, 0) is 24.3 Å². The van der Waals surface area contributed by atoms with Crippen LogP contribution in [-0.4, -0.2) is 32.3 Å². The number of para-hydroxylation sites is 2. The summed E-state index contributed by atoms with van der Waals surface area (Å²) in [7, 11) is 4.91. The lowest BCUT2D eigenvalue weighted by Gasteiger charge is -2.23. The van der Waals surface area contributed by atoms with Gasteiger partial charge in [-0.2, -0.15) is 0 Å². The van der Waals surface area contributed by atoms with E-state index >= 15 is 0 Å². The first kappa shape index (κ1) is 14.7. The normalized spacial score (nSPS) is 10.0. The molecule has 0 aromatic heterocycles. The number of benzene rings is 2. The Morgan fingerprint density at radius 2 is 1.76 bits per heavy atom. The molecule has 5 heteroatoms. The van der Waals surface area contributed by atoms with Gasteiger partial charge in [0.2, 0.25) is 0 Å². The quantitative estimate of drug-likeness (QED) is 0.915. The van der Waals surface area contributed by atoms with Gasteiger partial charge in [-0.25, -0.2) is 4.79 Å². The molecule has 0 atom stereocenters. The summed E-state index contributed by atoms with van der Waals surface area (Å²) in [5, 5.41) is 9.35. The third kappa shape index (κ3) is 2.91. The van der Waals surface area contributed by atoms with Crippen LogP contribution in [0.5, 0.6) is 11.5 Å². The first-order valence-electron chi connectivity index (χ1n) is 6.36. The topological polar surface area (TPSA) is 59.0 Å². The van der Waals surface area contributed by atoms with Gasteiger partial charge in [0.15, 0.2) is 0 Å². The predicted octanol–water partition coefficient (Wildman–Crippen LogP) is 3.17. The summed E-state index contributed by atoms with van der Waals surface area (Å²) in [4.78, 5) is 13.2. The monoisotopic (exact) mass is 287 g/mol. The molecule has 21 heavy (non-hydrogen) atoms. The van der Waals surface area contributed by atoms with Crippen LogP contribution < -0.4 is 14.4 Å². The Balaban J connectivity index is 2.56. The average molecular weight is 287 g/mol. The summed E-state index contributed by atoms with van der Waals surface area (Å²) in [5.41, 5.74) is 1.51. The van der Waals surface area contributed by atoms with Gasteiger partial charge in [-0.3, -0.25) is 0 Å². The maximum atomic E-state index is 11.4. The molecule has 0 aliphatic carbocycles. The molecule has 0 unspecified atom stereocenters. The molecule has 0 aliphatic heterocycles. The number of hydrogen-bond donors (Lipinski definition) is 1. The first-order chi connectivity index (χ1) is 10.1. The highest BCUT2D eigenvalue weighted by atomic mass is 16.5. The lowest BCUT2D eigenvalue weighted by Crippen LogP contribution is -2.15. The fourth-order valence-corrected chi connectivity index (χ4v) is 2.13. The van der Waals surface area contributed by atoms with E-state index in [1.54, 1.807) is 38.3 Å². The Morgan fingerprint density at radius 3 is 2.38 bits per heavy atom. The Morgan fingerprint density at radius 1 is 1.05 bits per heavy atom. The van der Waals surface area contributed by atoms with Gasteiger partial charge >= 0.3 is 5.97 Å². The van der Waals surface area contributed by atoms with E-state index in [1.807, 2.05) is 24.3 Å². The summed E-state index contributed by atoms with van der Waals surface area (Å²) >= 11 is 0. The Kier molecular flexibility index (Phi) is 4.33. The molecule has 5 nitrogen and oxygen atoms in total. The number of aromatic carboxylic acids is 1. The number of methoxy groups -OCH3 is 2. The predicted molar refractivity (Wildman–Crippen MR) is 81.0 cm³/mol. The standard InChI is InChI=1S/C16H17NO4/c1-17(13-6-4-5-7-15(13)21-3)14-10-11(20-2)8-9-12(14)16(18)19/h4-10H,1-3H3,(H,18,19). The van der Waals surface area contributed by atoms with Gasteiger partial charge in [0.1, 0.15) is 11.5 Å². The van der Waals surface area contributed by atoms with E-state index < -0.39 is 5.97 Å². The first-order valence-corrected chi connectivity index (χ1v) is 6.36. The maximum absolute atomic E-state index is 11.4. The van der Waals surface area contributed by atoms with Gasteiger partial charge in [-0.15, -0.1) is 0 Å². The van der Waals surface area contributed by atoms with Gasteiger partial charge in [-0.1, -0.05) is 12.1 Å². The number of carbonyl (C=O) groups is 1. The minimum Gasteiger partial charge on any atom is -0.497 e. The minimum absolute atomic E-state index is 0.198. The SMILES string of the molecule is COc1ccc(C(=O)O)c(N(C)c2ccccc2OC)c1. The highest BCUT2D eigenvalue weighted by Crippen LogP contribution is 2.35. The van der Waals surface area contributed by atoms with Crippen molar-refractivity contribution in [2.24, 2.45) is 0 Å². The number of ether oxygens (including phenoxy) is 2. The highest BCUT2D eigenvalue weighted by molar-refractivity contribution is 5.96.